The molecular formula is C44H43ClMgN10. The zero-order valence-electron chi connectivity index (χ0n) is 32.1. The maximum Gasteiger partial charge on any atom is 2.00 e. The van der Waals surface area contributed by atoms with E-state index < -0.39 is 0 Å². The van der Waals surface area contributed by atoms with Gasteiger partial charge in [-0.2, -0.15) is 21.9 Å². The SMILES string of the molecule is CCCC(N)c1cccc(-c2ccc3cnn(-c4cccc(C)n4)c3c2)n1.Cc1cccc(-n2ncc3ccc(-c4cccc(C#N)n4)cc32)n1.[CH2-]CC.[Cl-].[Mg+2]. The summed E-state index contributed by atoms with van der Waals surface area (Å²) in [5.41, 5.74) is 15.1. The number of nitrogens with zero attached hydrogens (tertiary/aromatic N) is 9. The third-order valence-corrected chi connectivity index (χ3v) is 8.53. The Bertz CT molecular complexity index is 2560. The minimum Gasteiger partial charge on any atom is -1.00 e. The zero-order valence-corrected chi connectivity index (χ0v) is 34.3. The summed E-state index contributed by atoms with van der Waals surface area (Å²) in [5.74, 6) is 1.59. The standard InChI is InChI=1S/C22H23N5.C19H13N5.C3H7.ClH.Mg/c1-3-6-18(23)20-9-5-8-19(26-20)16-11-12-17-14-24-27(21(17)13-16)22-10-4-7-15(2)25-22;1-13-4-2-7-19(22-13)24-18-10-14(8-9-15(18)12-21-24)17-6-3-5-16(11-20)23-17;1-3-2;;/h4-5,7-14,18H,3,6,23H2,1-2H3;2-10,12H,1H3;1,3H2,2H3;1H;/q;;-1;;+2/p-1. The van der Waals surface area contributed by atoms with Crippen LogP contribution >= 0.6 is 0 Å². The van der Waals surface area contributed by atoms with Crippen molar-refractivity contribution >= 4 is 44.9 Å². The van der Waals surface area contributed by atoms with Gasteiger partial charge in [-0.3, -0.25) is 4.98 Å². The minimum absolute atomic E-state index is 0. The average Bonchev–Trinajstić information content (AvgIpc) is 3.83. The maximum atomic E-state index is 9.03. The van der Waals surface area contributed by atoms with Gasteiger partial charge in [0.1, 0.15) is 11.8 Å². The molecule has 8 rings (SSSR count). The molecule has 8 aromatic rings. The largest absolute Gasteiger partial charge is 2.00 e. The quantitative estimate of drug-likeness (QED) is 0.152. The molecule has 1 unspecified atom stereocenters. The van der Waals surface area contributed by atoms with E-state index in [0.29, 0.717) is 5.69 Å². The van der Waals surface area contributed by atoms with Crippen LogP contribution in [0.15, 0.2) is 122 Å². The molecule has 6 heterocycles. The number of nitrogens with two attached hydrogens (primary N) is 1. The first-order valence-corrected chi connectivity index (χ1v) is 18.0. The Hall–Kier alpha value is -5.51. The van der Waals surface area contributed by atoms with Gasteiger partial charge in [0, 0.05) is 39.3 Å². The van der Waals surface area contributed by atoms with Crippen molar-refractivity contribution < 1.29 is 12.4 Å². The van der Waals surface area contributed by atoms with E-state index in [0.717, 1.165) is 92.3 Å². The fraction of sp³-hybridized carbons (Fsp3) is 0.182. The van der Waals surface area contributed by atoms with Crippen molar-refractivity contribution in [3.05, 3.63) is 151 Å². The molecule has 12 heteroatoms. The van der Waals surface area contributed by atoms with Crippen molar-refractivity contribution in [3.63, 3.8) is 0 Å². The number of fused-ring (bicyclic) bond motifs is 2. The molecule has 0 amide bonds. The number of aromatic nitrogens is 8. The smallest absolute Gasteiger partial charge is 1.00 e. The topological polar surface area (TPSA) is 137 Å². The summed E-state index contributed by atoms with van der Waals surface area (Å²) in [4.78, 5) is 18.3. The Balaban J connectivity index is 0.000000226. The van der Waals surface area contributed by atoms with Gasteiger partial charge in [0.05, 0.1) is 40.5 Å². The molecule has 0 aliphatic rings. The Labute approximate surface area is 350 Å². The third-order valence-electron chi connectivity index (χ3n) is 8.53. The molecule has 0 aliphatic carbocycles. The fourth-order valence-corrected chi connectivity index (χ4v) is 5.95. The molecule has 1 atom stereocenters. The average molecular weight is 772 g/mol. The number of aryl methyl sites for hydroxylation is 2. The van der Waals surface area contributed by atoms with E-state index in [9.17, 15) is 0 Å². The second-order valence-corrected chi connectivity index (χ2v) is 12.8. The van der Waals surface area contributed by atoms with Gasteiger partial charge < -0.3 is 25.1 Å². The van der Waals surface area contributed by atoms with Crippen LogP contribution in [0, 0.1) is 32.1 Å². The van der Waals surface area contributed by atoms with Crippen molar-refractivity contribution in [1.82, 2.24) is 39.5 Å². The summed E-state index contributed by atoms with van der Waals surface area (Å²) in [6.07, 6.45) is 6.66. The van der Waals surface area contributed by atoms with Crippen molar-refractivity contribution in [1.29, 1.82) is 5.26 Å². The third kappa shape index (κ3) is 10.2. The number of hydrogen-bond acceptors (Lipinski definition) is 8. The fourth-order valence-electron chi connectivity index (χ4n) is 5.95. The van der Waals surface area contributed by atoms with E-state index in [-0.39, 0.29) is 41.5 Å². The molecule has 0 bridgehead atoms. The number of benzene rings is 2. The van der Waals surface area contributed by atoms with Gasteiger partial charge in [-0.25, -0.2) is 24.3 Å². The van der Waals surface area contributed by atoms with Crippen molar-refractivity contribution in [2.24, 2.45) is 5.73 Å². The molecule has 0 radical (unpaired) electrons. The number of halogens is 1. The van der Waals surface area contributed by atoms with Crippen LogP contribution in [0.1, 0.15) is 61.9 Å². The zero-order chi connectivity index (χ0) is 38.0. The first-order chi connectivity index (χ1) is 26.3. The van der Waals surface area contributed by atoms with E-state index in [1.54, 1.807) is 6.07 Å². The van der Waals surface area contributed by atoms with Crippen LogP contribution in [-0.2, 0) is 0 Å². The van der Waals surface area contributed by atoms with Crippen LogP contribution in [0.5, 0.6) is 0 Å². The second-order valence-electron chi connectivity index (χ2n) is 12.8. The molecule has 0 aliphatic heterocycles. The van der Waals surface area contributed by atoms with Crippen molar-refractivity contribution in [2.45, 2.75) is 53.0 Å². The molecule has 56 heavy (non-hydrogen) atoms. The molecule has 0 spiro atoms. The van der Waals surface area contributed by atoms with Gasteiger partial charge in [-0.05, 0) is 80.9 Å². The van der Waals surface area contributed by atoms with E-state index in [1.165, 1.54) is 0 Å². The second kappa shape index (κ2) is 20.4. The van der Waals surface area contributed by atoms with Gasteiger partial charge in [-0.1, -0.05) is 68.8 Å². The Morgan fingerprint density at radius 3 is 1.64 bits per heavy atom. The van der Waals surface area contributed by atoms with Gasteiger partial charge >= 0.3 is 23.1 Å². The van der Waals surface area contributed by atoms with Crippen LogP contribution in [0.25, 0.3) is 56.0 Å². The number of hydrogen-bond donors (Lipinski definition) is 1. The summed E-state index contributed by atoms with van der Waals surface area (Å²) >= 11 is 0. The summed E-state index contributed by atoms with van der Waals surface area (Å²) in [6, 6.07) is 37.6. The van der Waals surface area contributed by atoms with Crippen LogP contribution in [0.2, 0.25) is 0 Å². The monoisotopic (exact) mass is 770 g/mol. The van der Waals surface area contributed by atoms with E-state index in [1.807, 2.05) is 127 Å². The summed E-state index contributed by atoms with van der Waals surface area (Å²) in [5, 5.41) is 20.1. The van der Waals surface area contributed by atoms with Crippen LogP contribution in [0.3, 0.4) is 0 Å². The van der Waals surface area contributed by atoms with Gasteiger partial charge in [0.2, 0.25) is 0 Å². The summed E-state index contributed by atoms with van der Waals surface area (Å²) in [6.45, 7) is 11.6. The molecule has 10 nitrogen and oxygen atoms in total. The minimum atomic E-state index is -0.0271. The van der Waals surface area contributed by atoms with E-state index >= 15 is 0 Å². The predicted molar refractivity (Wildman–Crippen MR) is 222 cm³/mol. The van der Waals surface area contributed by atoms with Crippen LogP contribution in [0.4, 0.5) is 0 Å². The normalized spacial score (nSPS) is 10.9. The van der Waals surface area contributed by atoms with Crippen LogP contribution in [-0.4, -0.2) is 62.5 Å². The Morgan fingerprint density at radius 1 is 0.679 bits per heavy atom. The van der Waals surface area contributed by atoms with Crippen LogP contribution < -0.4 is 18.1 Å². The predicted octanol–water partition coefficient (Wildman–Crippen LogP) is 6.11. The molecule has 0 saturated heterocycles. The van der Waals surface area contributed by atoms with Gasteiger partial charge in [0.15, 0.2) is 11.6 Å². The first kappa shape index (κ1) is 43.2. The molecule has 0 saturated carbocycles. The molecule has 6 aromatic heterocycles. The molecule has 0 fully saturated rings. The Morgan fingerprint density at radius 2 is 1.16 bits per heavy atom. The first-order valence-electron chi connectivity index (χ1n) is 18.0. The molecule has 2 aromatic carbocycles. The van der Waals surface area contributed by atoms with Gasteiger partial charge in [0.25, 0.3) is 0 Å². The molecule has 278 valence electrons. The van der Waals surface area contributed by atoms with E-state index in [4.69, 9.17) is 16.0 Å². The van der Waals surface area contributed by atoms with Crippen molar-refractivity contribution in [3.8, 4) is 40.2 Å². The number of rotatable bonds is 7. The summed E-state index contributed by atoms with van der Waals surface area (Å²) < 4.78 is 3.69. The van der Waals surface area contributed by atoms with E-state index in [2.05, 4.69) is 63.3 Å². The molecule has 2 N–H and O–H groups in total. The van der Waals surface area contributed by atoms with Gasteiger partial charge in [-0.15, -0.1) is 0 Å². The number of nitriles is 1. The van der Waals surface area contributed by atoms with Crippen molar-refractivity contribution in [2.75, 3.05) is 0 Å². The maximum absolute atomic E-state index is 9.03. The summed E-state index contributed by atoms with van der Waals surface area (Å²) in [7, 11) is 0. The number of pyridine rings is 4. The Kier molecular flexibility index (Phi) is 15.8. The molecular weight excluding hydrogens is 728 g/mol.